The maximum atomic E-state index is 10.6. The number of aliphatic carboxylic acids is 1. The number of carboxylic acids is 1. The molecule has 0 fully saturated rings. The van der Waals surface area contributed by atoms with Gasteiger partial charge in [-0.3, -0.25) is 4.99 Å². The van der Waals surface area contributed by atoms with E-state index in [0.29, 0.717) is 16.3 Å². The predicted octanol–water partition coefficient (Wildman–Crippen LogP) is 3.86. The summed E-state index contributed by atoms with van der Waals surface area (Å²) in [4.78, 5) is 14.9. The Labute approximate surface area is 127 Å². The Morgan fingerprint density at radius 2 is 2.00 bits per heavy atom. The second-order valence-corrected chi connectivity index (χ2v) is 4.89. The Bertz CT molecular complexity index is 666. The average molecular weight is 304 g/mol. The Morgan fingerprint density at radius 3 is 2.67 bits per heavy atom. The second kappa shape index (κ2) is 6.90. The molecule has 0 aliphatic carbocycles. The van der Waals surface area contributed by atoms with E-state index < -0.39 is 12.6 Å². The van der Waals surface area contributed by atoms with Crippen LogP contribution in [0, 0.1) is 6.92 Å². The molecule has 4 nitrogen and oxygen atoms in total. The number of ether oxygens (including phenoxy) is 1. The van der Waals surface area contributed by atoms with Crippen LogP contribution < -0.4 is 4.74 Å². The van der Waals surface area contributed by atoms with Gasteiger partial charge in [0.25, 0.3) is 0 Å². The highest BCUT2D eigenvalue weighted by atomic mass is 35.5. The van der Waals surface area contributed by atoms with Gasteiger partial charge in [0.05, 0.1) is 5.69 Å². The zero-order valence-electron chi connectivity index (χ0n) is 11.4. The topological polar surface area (TPSA) is 58.9 Å². The van der Waals surface area contributed by atoms with E-state index in [1.54, 1.807) is 24.4 Å². The summed E-state index contributed by atoms with van der Waals surface area (Å²) in [6, 6.07) is 12.7. The van der Waals surface area contributed by atoms with Crippen molar-refractivity contribution in [1.29, 1.82) is 0 Å². The number of aryl methyl sites for hydroxylation is 1. The van der Waals surface area contributed by atoms with Crippen molar-refractivity contribution in [3.8, 4) is 5.75 Å². The van der Waals surface area contributed by atoms with Crippen molar-refractivity contribution in [2.75, 3.05) is 6.61 Å². The van der Waals surface area contributed by atoms with Gasteiger partial charge >= 0.3 is 5.97 Å². The van der Waals surface area contributed by atoms with Gasteiger partial charge in [-0.25, -0.2) is 4.79 Å². The van der Waals surface area contributed by atoms with Crippen LogP contribution in [0.25, 0.3) is 0 Å². The third kappa shape index (κ3) is 4.61. The van der Waals surface area contributed by atoms with Crippen LogP contribution in [0.3, 0.4) is 0 Å². The van der Waals surface area contributed by atoms with Crippen molar-refractivity contribution in [2.24, 2.45) is 4.99 Å². The van der Waals surface area contributed by atoms with Gasteiger partial charge in [0.2, 0.25) is 0 Å². The Kier molecular flexibility index (Phi) is 4.95. The summed E-state index contributed by atoms with van der Waals surface area (Å²) in [6.45, 7) is 1.59. The lowest BCUT2D eigenvalue weighted by molar-refractivity contribution is -0.139. The lowest BCUT2D eigenvalue weighted by Crippen LogP contribution is -2.10. The third-order valence-electron chi connectivity index (χ3n) is 2.71. The smallest absolute Gasteiger partial charge is 0.341 e. The molecule has 0 aliphatic rings. The first-order valence-corrected chi connectivity index (χ1v) is 6.67. The maximum Gasteiger partial charge on any atom is 0.341 e. The molecular weight excluding hydrogens is 290 g/mol. The van der Waals surface area contributed by atoms with Crippen molar-refractivity contribution in [2.45, 2.75) is 6.92 Å². The van der Waals surface area contributed by atoms with E-state index in [9.17, 15) is 4.79 Å². The van der Waals surface area contributed by atoms with E-state index in [1.807, 2.05) is 31.2 Å². The standard InChI is InChI=1S/C16H14ClNO3/c1-11-2-5-14(6-3-11)18-9-12-8-13(17)4-7-15(12)21-10-16(19)20/h2-9H,10H2,1H3,(H,19,20). The number of hydrogen-bond acceptors (Lipinski definition) is 3. The number of benzene rings is 2. The fourth-order valence-corrected chi connectivity index (χ4v) is 1.85. The first-order chi connectivity index (χ1) is 10.0. The normalized spacial score (nSPS) is 10.8. The van der Waals surface area contributed by atoms with E-state index in [2.05, 4.69) is 4.99 Å². The van der Waals surface area contributed by atoms with Crippen LogP contribution >= 0.6 is 11.6 Å². The van der Waals surface area contributed by atoms with E-state index >= 15 is 0 Å². The number of aliphatic imine (C=N–C) groups is 1. The van der Waals surface area contributed by atoms with Gasteiger partial charge < -0.3 is 9.84 Å². The van der Waals surface area contributed by atoms with Gasteiger partial charge in [0.1, 0.15) is 5.75 Å². The molecule has 2 aromatic rings. The molecule has 108 valence electrons. The fourth-order valence-electron chi connectivity index (χ4n) is 1.67. The number of nitrogens with zero attached hydrogens (tertiary/aromatic N) is 1. The summed E-state index contributed by atoms with van der Waals surface area (Å²) in [5.41, 5.74) is 2.58. The van der Waals surface area contributed by atoms with Crippen LogP contribution in [0.15, 0.2) is 47.5 Å². The molecule has 0 aliphatic heterocycles. The zero-order chi connectivity index (χ0) is 15.2. The van der Waals surface area contributed by atoms with Crippen LogP contribution in [-0.2, 0) is 4.79 Å². The molecule has 0 heterocycles. The van der Waals surface area contributed by atoms with Crippen molar-refractivity contribution in [1.82, 2.24) is 0 Å². The molecule has 0 saturated heterocycles. The van der Waals surface area contributed by atoms with E-state index in [-0.39, 0.29) is 0 Å². The highest BCUT2D eigenvalue weighted by Gasteiger charge is 2.05. The highest BCUT2D eigenvalue weighted by Crippen LogP contribution is 2.22. The molecule has 0 saturated carbocycles. The Hall–Kier alpha value is -2.33. The Morgan fingerprint density at radius 1 is 1.29 bits per heavy atom. The van der Waals surface area contributed by atoms with Gasteiger partial charge in [0, 0.05) is 16.8 Å². The quantitative estimate of drug-likeness (QED) is 0.853. The SMILES string of the molecule is Cc1ccc(N=Cc2cc(Cl)ccc2OCC(=O)O)cc1. The molecule has 2 rings (SSSR count). The number of carboxylic acid groups (broad SMARTS) is 1. The number of halogens is 1. The van der Waals surface area contributed by atoms with Crippen molar-refractivity contribution < 1.29 is 14.6 Å². The number of carbonyl (C=O) groups is 1. The Balaban J connectivity index is 2.22. The van der Waals surface area contributed by atoms with Crippen LogP contribution in [-0.4, -0.2) is 23.9 Å². The minimum absolute atomic E-state index is 0.410. The van der Waals surface area contributed by atoms with Crippen molar-refractivity contribution >= 4 is 29.5 Å². The van der Waals surface area contributed by atoms with Crippen LogP contribution in [0.2, 0.25) is 5.02 Å². The summed E-state index contributed by atoms with van der Waals surface area (Å²) in [6.07, 6.45) is 1.60. The molecule has 0 unspecified atom stereocenters. The summed E-state index contributed by atoms with van der Waals surface area (Å²) < 4.78 is 5.21. The second-order valence-electron chi connectivity index (χ2n) is 4.46. The van der Waals surface area contributed by atoms with Crippen LogP contribution in [0.4, 0.5) is 5.69 Å². The van der Waals surface area contributed by atoms with Gasteiger partial charge in [-0.05, 0) is 37.3 Å². The number of rotatable bonds is 5. The molecule has 0 amide bonds. The molecule has 0 aromatic heterocycles. The predicted molar refractivity (Wildman–Crippen MR) is 83.0 cm³/mol. The van der Waals surface area contributed by atoms with E-state index in [0.717, 1.165) is 11.3 Å². The molecule has 5 heteroatoms. The molecule has 0 radical (unpaired) electrons. The molecular formula is C16H14ClNO3. The molecule has 2 aromatic carbocycles. The first-order valence-electron chi connectivity index (χ1n) is 6.29. The monoisotopic (exact) mass is 303 g/mol. The van der Waals surface area contributed by atoms with Gasteiger partial charge in [-0.2, -0.15) is 0 Å². The lowest BCUT2D eigenvalue weighted by atomic mass is 10.2. The minimum atomic E-state index is -1.04. The molecule has 1 N–H and O–H groups in total. The highest BCUT2D eigenvalue weighted by molar-refractivity contribution is 6.30. The van der Waals surface area contributed by atoms with E-state index in [4.69, 9.17) is 21.4 Å². The fraction of sp³-hybridized carbons (Fsp3) is 0.125. The summed E-state index contributed by atoms with van der Waals surface area (Å²) >= 11 is 5.95. The summed E-state index contributed by atoms with van der Waals surface area (Å²) in [5.74, 6) is -0.607. The maximum absolute atomic E-state index is 10.6. The minimum Gasteiger partial charge on any atom is -0.481 e. The van der Waals surface area contributed by atoms with Crippen molar-refractivity contribution in [3.05, 3.63) is 58.6 Å². The van der Waals surface area contributed by atoms with Crippen LogP contribution in [0.1, 0.15) is 11.1 Å². The molecule has 0 atom stereocenters. The zero-order valence-corrected chi connectivity index (χ0v) is 12.2. The van der Waals surface area contributed by atoms with Gasteiger partial charge in [-0.1, -0.05) is 29.3 Å². The molecule has 0 bridgehead atoms. The largest absolute Gasteiger partial charge is 0.481 e. The first kappa shape index (κ1) is 15.1. The van der Waals surface area contributed by atoms with Crippen molar-refractivity contribution in [3.63, 3.8) is 0 Å². The lowest BCUT2D eigenvalue weighted by Gasteiger charge is -2.07. The molecule has 21 heavy (non-hydrogen) atoms. The third-order valence-corrected chi connectivity index (χ3v) is 2.94. The van der Waals surface area contributed by atoms with Gasteiger partial charge in [0.15, 0.2) is 6.61 Å². The average Bonchev–Trinajstić information content (AvgIpc) is 2.45. The van der Waals surface area contributed by atoms with Gasteiger partial charge in [-0.15, -0.1) is 0 Å². The summed E-state index contributed by atoms with van der Waals surface area (Å²) in [7, 11) is 0. The van der Waals surface area contributed by atoms with E-state index in [1.165, 1.54) is 0 Å². The summed E-state index contributed by atoms with van der Waals surface area (Å²) in [5, 5.41) is 9.20. The molecule has 0 spiro atoms. The number of hydrogen-bond donors (Lipinski definition) is 1. The van der Waals surface area contributed by atoms with Crippen LogP contribution in [0.5, 0.6) is 5.75 Å².